The number of anilines is 2. The molecule has 0 bridgehead atoms. The monoisotopic (exact) mass is 1910 g/mol. The number of hydrogen-bond acceptors (Lipinski definition) is 26. The number of fused-ring (bicyclic) bond motifs is 2. The van der Waals surface area contributed by atoms with Crippen molar-refractivity contribution < 1.29 is 93.3 Å². The molecule has 0 fully saturated rings. The molecule has 4 heterocycles. The molecular formula is C92H125N19O22S2. The third-order valence-corrected chi connectivity index (χ3v) is 24.5. The Balaban J connectivity index is 0.684. The number of sulfonamides is 2. The van der Waals surface area contributed by atoms with Crippen LogP contribution < -0.4 is 74.1 Å². The van der Waals surface area contributed by atoms with E-state index in [-0.39, 0.29) is 166 Å². The van der Waals surface area contributed by atoms with Gasteiger partial charge >= 0.3 is 18.0 Å². The Bertz CT molecular complexity index is 5930. The zero-order valence-electron chi connectivity index (χ0n) is 78.6. The second kappa shape index (κ2) is 51.8. The molecule has 0 saturated heterocycles. The third kappa shape index (κ3) is 33.7. The van der Waals surface area contributed by atoms with Crippen molar-refractivity contribution in [3.05, 3.63) is 174 Å². The van der Waals surface area contributed by atoms with Crippen molar-refractivity contribution in [2.24, 2.45) is 18.5 Å². The summed E-state index contributed by atoms with van der Waals surface area (Å²) >= 11 is 0. The van der Waals surface area contributed by atoms with Gasteiger partial charge in [0.05, 0.1) is 41.6 Å². The highest BCUT2D eigenvalue weighted by atomic mass is 32.2. The minimum atomic E-state index is -4.48. The van der Waals surface area contributed by atoms with Crippen LogP contribution >= 0.6 is 0 Å². The van der Waals surface area contributed by atoms with E-state index in [1.54, 1.807) is 159 Å². The van der Waals surface area contributed by atoms with E-state index in [1.807, 2.05) is 21.0 Å². The van der Waals surface area contributed by atoms with E-state index in [0.29, 0.717) is 103 Å². The number of nitrogens with zero attached hydrogens (tertiary/aromatic N) is 7. The van der Waals surface area contributed by atoms with Crippen LogP contribution in [-0.4, -0.2) is 227 Å². The Hall–Kier alpha value is -13.3. The Morgan fingerprint density at radius 3 is 1.30 bits per heavy atom. The summed E-state index contributed by atoms with van der Waals surface area (Å²) in [6.45, 7) is 17.2. The number of carbonyl (C=O) groups is 11. The molecule has 0 saturated carbocycles. The number of aryl methyl sites for hydroxylation is 10. The van der Waals surface area contributed by atoms with Crippen LogP contribution in [0.5, 0.6) is 0 Å². The number of alkyl carbamates (subject to hydrolysis) is 1. The summed E-state index contributed by atoms with van der Waals surface area (Å²) in [7, 11) is -3.02. The van der Waals surface area contributed by atoms with Crippen LogP contribution in [0.25, 0.3) is 21.8 Å². The quantitative estimate of drug-likeness (QED) is 0.0105. The molecular weight excluding hydrogens is 1790 g/mol. The number of ether oxygens (including phenoxy) is 5. The molecule has 4 aromatic heterocycles. The van der Waals surface area contributed by atoms with Gasteiger partial charge in [-0.15, -0.1) is 0 Å². The van der Waals surface area contributed by atoms with E-state index in [4.69, 9.17) is 23.7 Å². The Morgan fingerprint density at radius 1 is 0.489 bits per heavy atom. The van der Waals surface area contributed by atoms with Gasteiger partial charge < -0.3 is 100 Å². The largest absolute Gasteiger partial charge is 0.468 e. The van der Waals surface area contributed by atoms with Gasteiger partial charge in [-0.05, 0) is 165 Å². The molecule has 2 atom stereocenters. The van der Waals surface area contributed by atoms with E-state index < -0.39 is 109 Å². The first-order valence-electron chi connectivity index (χ1n) is 44.4. The number of amides is 9. The number of carbonyl (C=O) groups excluding carboxylic acids is 11. The van der Waals surface area contributed by atoms with Gasteiger partial charge in [-0.1, -0.05) is 47.5 Å². The van der Waals surface area contributed by atoms with E-state index in [2.05, 4.69) is 77.6 Å². The molecule has 0 aliphatic heterocycles. The average molecular weight is 1910 g/mol. The molecule has 41 nitrogen and oxygen atoms in total. The van der Waals surface area contributed by atoms with Crippen LogP contribution in [0.4, 0.5) is 16.7 Å². The molecule has 0 radical (unpaired) electrons. The molecule has 12 N–H and O–H groups in total. The first-order valence-corrected chi connectivity index (χ1v) is 47.3. The van der Waals surface area contributed by atoms with Crippen molar-refractivity contribution in [1.82, 2.24) is 80.8 Å². The maximum absolute atomic E-state index is 14.1. The smallest absolute Gasteiger partial charge is 0.408 e. The van der Waals surface area contributed by atoms with Gasteiger partial charge in [-0.25, -0.2) is 28.0 Å². The van der Waals surface area contributed by atoms with Gasteiger partial charge in [0.1, 0.15) is 28.8 Å². The predicted octanol–water partition coefficient (Wildman–Crippen LogP) is 4.85. The molecule has 9 amide bonds. The number of aromatic nitrogens is 6. The van der Waals surface area contributed by atoms with Crippen LogP contribution in [-0.2, 0) is 122 Å². The average Bonchev–Trinajstić information content (AvgIpc) is 1.06. The maximum Gasteiger partial charge on any atom is 0.408 e. The first kappa shape index (κ1) is 107. The van der Waals surface area contributed by atoms with Gasteiger partial charge in [0.2, 0.25) is 68.2 Å². The lowest BCUT2D eigenvalue weighted by Crippen LogP contribution is -2.49. The summed E-state index contributed by atoms with van der Waals surface area (Å²) in [6.07, 6.45) is 10.5. The zero-order valence-corrected chi connectivity index (χ0v) is 80.3. The number of esters is 2. The van der Waals surface area contributed by atoms with Crippen molar-refractivity contribution in [3.8, 4) is 0 Å². The van der Waals surface area contributed by atoms with Crippen LogP contribution in [0, 0.1) is 41.5 Å². The number of nitrogens with one attached hydrogen (secondary N) is 12. The van der Waals surface area contributed by atoms with Gasteiger partial charge in [0.15, 0.2) is 5.71 Å². The SMILES string of the molecule is COC(=O)/C(CNC(=O)c1cn(CCCNC(=O)CCC(=O)NCCCOCCCNC(=O)C(CCC(=O)NCCCOCCCNC(=O)CCC(=O)NCCCn2cc(C(=O)NC[C@H](NS(=O)(=O)c3c(C)cc(C)cc3C)C(=O)OC)c(=O)c3ccc(CNc4nccn4C)cc32)NC(=O)OC(C)(C)C)c2cc(CNc3nccn3C)ccc2c1=O)=N\S(=O)(=O)c1c(C)cc(C)cc1C. The molecule has 135 heavy (non-hydrogen) atoms. The first-order chi connectivity index (χ1) is 64.1. The molecule has 0 aliphatic rings. The molecule has 1 unspecified atom stereocenters. The molecule has 0 aliphatic carbocycles. The lowest BCUT2D eigenvalue weighted by Gasteiger charge is -2.23. The minimum Gasteiger partial charge on any atom is -0.468 e. The molecule has 4 aromatic carbocycles. The number of methoxy groups -OCH3 is 2. The van der Waals surface area contributed by atoms with E-state index in [9.17, 15) is 79.2 Å². The number of pyridine rings is 2. The summed E-state index contributed by atoms with van der Waals surface area (Å²) in [5, 5.41) is 31.2. The summed E-state index contributed by atoms with van der Waals surface area (Å²) in [5.41, 5.74) is 2.47. The van der Waals surface area contributed by atoms with E-state index >= 15 is 0 Å². The second-order valence-corrected chi connectivity index (χ2v) is 36.6. The number of benzene rings is 4. The van der Waals surface area contributed by atoms with Crippen molar-refractivity contribution in [2.75, 3.05) is 104 Å². The second-order valence-electron chi connectivity index (χ2n) is 33.4. The van der Waals surface area contributed by atoms with Gasteiger partial charge in [-0.3, -0.25) is 52.7 Å². The molecule has 732 valence electrons. The van der Waals surface area contributed by atoms with Crippen molar-refractivity contribution >= 4 is 125 Å². The predicted molar refractivity (Wildman–Crippen MR) is 504 cm³/mol. The lowest BCUT2D eigenvalue weighted by atomic mass is 10.1. The number of hydrogen-bond donors (Lipinski definition) is 12. The van der Waals surface area contributed by atoms with Crippen molar-refractivity contribution in [1.29, 1.82) is 0 Å². The number of imidazole rings is 2. The van der Waals surface area contributed by atoms with Gasteiger partial charge in [0.25, 0.3) is 21.8 Å². The topological polar surface area (TPSA) is 539 Å². The lowest BCUT2D eigenvalue weighted by molar-refractivity contribution is -0.142. The Kier molecular flexibility index (Phi) is 41.1. The third-order valence-electron chi connectivity index (χ3n) is 21.1. The molecule has 8 aromatic rings. The highest BCUT2D eigenvalue weighted by Crippen LogP contribution is 2.27. The fourth-order valence-corrected chi connectivity index (χ4v) is 17.8. The van der Waals surface area contributed by atoms with Crippen LogP contribution in [0.1, 0.15) is 163 Å². The molecule has 8 rings (SSSR count). The summed E-state index contributed by atoms with van der Waals surface area (Å²) in [4.78, 5) is 181. The normalized spacial score (nSPS) is 12.1. The Morgan fingerprint density at radius 2 is 0.896 bits per heavy atom. The van der Waals surface area contributed by atoms with E-state index in [1.165, 1.54) is 12.4 Å². The fourth-order valence-electron chi connectivity index (χ4n) is 14.7. The molecule has 0 spiro atoms. The minimum absolute atomic E-state index is 0.0266. The summed E-state index contributed by atoms with van der Waals surface area (Å²) in [5.74, 6) is -5.11. The summed E-state index contributed by atoms with van der Waals surface area (Å²) < 4.78 is 94.2. The summed E-state index contributed by atoms with van der Waals surface area (Å²) in [6, 6.07) is 14.2. The molecule has 43 heteroatoms. The fraction of sp³-hybridized carbons (Fsp3) is 0.478. The van der Waals surface area contributed by atoms with Crippen LogP contribution in [0.2, 0.25) is 0 Å². The Labute approximate surface area is 783 Å². The van der Waals surface area contributed by atoms with Gasteiger partial charge in [-0.2, -0.15) is 17.5 Å². The van der Waals surface area contributed by atoms with E-state index in [0.717, 1.165) is 36.5 Å². The maximum atomic E-state index is 14.1. The van der Waals surface area contributed by atoms with Gasteiger partial charge in [0, 0.05) is 193 Å². The van der Waals surface area contributed by atoms with Crippen LogP contribution in [0.15, 0.2) is 122 Å². The van der Waals surface area contributed by atoms with Crippen molar-refractivity contribution in [2.45, 2.75) is 193 Å². The van der Waals surface area contributed by atoms with Crippen LogP contribution in [0.3, 0.4) is 0 Å². The highest BCUT2D eigenvalue weighted by molar-refractivity contribution is 7.90. The van der Waals surface area contributed by atoms with Crippen molar-refractivity contribution in [3.63, 3.8) is 0 Å². The standard InChI is InChI=1S/C92H125N19O22S2/c1-58-46-60(3)82(61(4)47-58)134(125,126)106-71(87(122)129-12)54-101-84(119)68-56-110(73-50-64(20-22-66(73)80(68)117)52-103-89-99-36-40-108(89)10)38-14-30-93-76(113)26-28-78(115)96-33-17-43-131-42-16-32-95-75(112)25-24-70(105-91(124)133-92(7,8)9)86(121)98-35-19-45-132-44-18-34-97-79(116)29-27-77(114)94-31-15-39-111-57-69(81(118)67-23-21-65(51-74(67)111)53-104-90-100-37-41-109(90)11)85(120)102-55-72(88(123)130-13)107-135(127,128)83-62(5)48-59(2)49-63(83)6/h20-23,36-37,40-41,46-51,56-57,70-71,106H,14-19,24-35,38-39,42-45,52-55H2,1-13H3,(H,93,113)(H,94,114)(H,95,112)(H,96,115)(H,97,116)(H,98,121)(H,99,103)(H,100,104)(H,101,119)(H,102,120)(H,105,124)/b107-72-/t70?,71-/m0/s1. The highest BCUT2D eigenvalue weighted by Gasteiger charge is 2.32. The zero-order chi connectivity index (χ0) is 98.7. The number of rotatable bonds is 54.